The number of carbonyl (C=O) groups excluding carboxylic acids is 1. The molecule has 2 heterocycles. The molecule has 1 fully saturated rings. The van der Waals surface area contributed by atoms with Gasteiger partial charge >= 0.3 is 0 Å². The summed E-state index contributed by atoms with van der Waals surface area (Å²) in [5, 5.41) is 0. The van der Waals surface area contributed by atoms with Crippen LogP contribution in [0.25, 0.3) is 0 Å². The third-order valence-electron chi connectivity index (χ3n) is 4.90. The molecule has 0 radical (unpaired) electrons. The van der Waals surface area contributed by atoms with E-state index in [1.807, 2.05) is 13.0 Å². The van der Waals surface area contributed by atoms with Crippen LogP contribution < -0.4 is 10.6 Å². The molecule has 1 amide bonds. The Bertz CT molecular complexity index is 736. The average Bonchev–Trinajstić information content (AvgIpc) is 3.13. The summed E-state index contributed by atoms with van der Waals surface area (Å²) in [6.45, 7) is 5.01. The highest BCUT2D eigenvalue weighted by Gasteiger charge is 2.35. The number of rotatable bonds is 3. The summed E-state index contributed by atoms with van der Waals surface area (Å²) in [7, 11) is -3.54. The number of nitrogens with zero attached hydrogens (tertiary/aromatic N) is 2. The lowest BCUT2D eigenvalue weighted by molar-refractivity contribution is -0.116. The predicted octanol–water partition coefficient (Wildman–Crippen LogP) is 1.38. The van der Waals surface area contributed by atoms with Crippen LogP contribution in [0.4, 0.5) is 5.69 Å². The van der Waals surface area contributed by atoms with Crippen LogP contribution in [0.3, 0.4) is 0 Å². The first-order valence-corrected chi connectivity index (χ1v) is 9.41. The van der Waals surface area contributed by atoms with E-state index in [4.69, 9.17) is 5.73 Å². The summed E-state index contributed by atoms with van der Waals surface area (Å²) in [4.78, 5) is 13.6. The van der Waals surface area contributed by atoms with E-state index in [0.717, 1.165) is 24.1 Å². The summed E-state index contributed by atoms with van der Waals surface area (Å²) in [5.41, 5.74) is 7.65. The maximum Gasteiger partial charge on any atom is 0.243 e. The van der Waals surface area contributed by atoms with E-state index in [-0.39, 0.29) is 35.2 Å². The van der Waals surface area contributed by atoms with Gasteiger partial charge in [0.1, 0.15) is 0 Å². The van der Waals surface area contributed by atoms with E-state index in [9.17, 15) is 13.2 Å². The lowest BCUT2D eigenvalue weighted by Gasteiger charge is -2.20. The van der Waals surface area contributed by atoms with Crippen molar-refractivity contribution in [1.29, 1.82) is 0 Å². The van der Waals surface area contributed by atoms with Crippen molar-refractivity contribution < 1.29 is 13.2 Å². The first kappa shape index (κ1) is 19.2. The minimum atomic E-state index is -3.54. The average molecular weight is 374 g/mol. The lowest BCUT2D eigenvalue weighted by Crippen LogP contribution is -2.33. The van der Waals surface area contributed by atoms with Crippen molar-refractivity contribution >= 4 is 34.0 Å². The number of fused-ring (bicyclic) bond motifs is 1. The molecule has 0 saturated carbocycles. The van der Waals surface area contributed by atoms with E-state index in [1.54, 1.807) is 17.0 Å². The Kier molecular flexibility index (Phi) is 5.59. The van der Waals surface area contributed by atoms with Gasteiger partial charge < -0.3 is 10.6 Å². The van der Waals surface area contributed by atoms with Gasteiger partial charge in [-0.25, -0.2) is 8.42 Å². The predicted molar refractivity (Wildman–Crippen MR) is 95.9 cm³/mol. The number of anilines is 1. The molecule has 0 bridgehead atoms. The number of halogens is 1. The molecule has 0 aromatic heterocycles. The number of sulfonamides is 1. The van der Waals surface area contributed by atoms with Gasteiger partial charge in [-0.2, -0.15) is 4.31 Å². The van der Waals surface area contributed by atoms with Crippen molar-refractivity contribution in [3.05, 3.63) is 23.8 Å². The van der Waals surface area contributed by atoms with Crippen molar-refractivity contribution in [2.45, 2.75) is 37.6 Å². The van der Waals surface area contributed by atoms with Gasteiger partial charge in [-0.1, -0.05) is 6.07 Å². The van der Waals surface area contributed by atoms with E-state index < -0.39 is 10.0 Å². The SMILES string of the molecule is CC(=O)N1CCc2ccc(S(=O)(=O)N3CCC(C(C)N)C3)cc21.Cl. The van der Waals surface area contributed by atoms with Crippen LogP contribution >= 0.6 is 12.4 Å². The second-order valence-corrected chi connectivity index (χ2v) is 8.42. The number of carbonyl (C=O) groups is 1. The van der Waals surface area contributed by atoms with Crippen molar-refractivity contribution in [3.63, 3.8) is 0 Å². The zero-order chi connectivity index (χ0) is 16.8. The standard InChI is InChI=1S/C16H23N3O3S.ClH/c1-11(17)14-5-7-18(10-14)23(21,22)15-4-3-13-6-8-19(12(2)20)16(13)9-15;/h3-4,9,11,14H,5-8,10,17H2,1-2H3;1H. The normalized spacial score (nSPS) is 22.1. The van der Waals surface area contributed by atoms with Crippen LogP contribution in [0.1, 0.15) is 25.8 Å². The number of nitrogens with two attached hydrogens (primary N) is 1. The van der Waals surface area contributed by atoms with Crippen molar-refractivity contribution in [2.75, 3.05) is 24.5 Å². The molecule has 0 spiro atoms. The molecule has 2 N–H and O–H groups in total. The highest BCUT2D eigenvalue weighted by atomic mass is 35.5. The summed E-state index contributed by atoms with van der Waals surface area (Å²) in [6.07, 6.45) is 1.56. The van der Waals surface area contributed by atoms with Crippen LogP contribution in [-0.2, 0) is 21.2 Å². The lowest BCUT2D eigenvalue weighted by atomic mass is 10.0. The van der Waals surface area contributed by atoms with E-state index in [1.165, 1.54) is 11.2 Å². The molecule has 2 aliphatic heterocycles. The Morgan fingerprint density at radius 3 is 2.62 bits per heavy atom. The van der Waals surface area contributed by atoms with Gasteiger partial charge in [0.05, 0.1) is 4.90 Å². The molecule has 8 heteroatoms. The Balaban J connectivity index is 0.00000208. The van der Waals surface area contributed by atoms with Gasteiger partial charge in [0.15, 0.2) is 0 Å². The molecule has 0 aliphatic carbocycles. The molecule has 3 rings (SSSR count). The van der Waals surface area contributed by atoms with Crippen LogP contribution in [0.5, 0.6) is 0 Å². The first-order valence-electron chi connectivity index (χ1n) is 7.97. The van der Waals surface area contributed by atoms with Gasteiger partial charge in [0.2, 0.25) is 15.9 Å². The van der Waals surface area contributed by atoms with Gasteiger partial charge in [-0.3, -0.25) is 4.79 Å². The maximum absolute atomic E-state index is 12.9. The highest BCUT2D eigenvalue weighted by Crippen LogP contribution is 2.33. The molecule has 134 valence electrons. The minimum absolute atomic E-state index is 0. The third kappa shape index (κ3) is 3.31. The molecular weight excluding hydrogens is 350 g/mol. The molecule has 1 saturated heterocycles. The smallest absolute Gasteiger partial charge is 0.243 e. The van der Waals surface area contributed by atoms with E-state index >= 15 is 0 Å². The second-order valence-electron chi connectivity index (χ2n) is 6.48. The van der Waals surface area contributed by atoms with Gasteiger partial charge in [0.25, 0.3) is 0 Å². The Morgan fingerprint density at radius 2 is 2.04 bits per heavy atom. The summed E-state index contributed by atoms with van der Waals surface area (Å²) in [6, 6.07) is 5.10. The van der Waals surface area contributed by atoms with Crippen molar-refractivity contribution in [1.82, 2.24) is 4.31 Å². The first-order chi connectivity index (χ1) is 10.8. The molecule has 2 atom stereocenters. The second kappa shape index (κ2) is 7.00. The molecule has 6 nitrogen and oxygen atoms in total. The molecule has 1 aromatic carbocycles. The molecule has 2 aliphatic rings. The molecule has 24 heavy (non-hydrogen) atoms. The van der Waals surface area contributed by atoms with Gasteiger partial charge in [0, 0.05) is 38.3 Å². The number of hydrogen-bond acceptors (Lipinski definition) is 4. The van der Waals surface area contributed by atoms with E-state index in [0.29, 0.717) is 19.6 Å². The summed E-state index contributed by atoms with van der Waals surface area (Å²) < 4.78 is 27.2. The zero-order valence-electron chi connectivity index (χ0n) is 13.9. The number of amides is 1. The number of hydrogen-bond donors (Lipinski definition) is 1. The fraction of sp³-hybridized carbons (Fsp3) is 0.562. The Hall–Kier alpha value is -1.15. The Morgan fingerprint density at radius 1 is 1.33 bits per heavy atom. The molecule has 2 unspecified atom stereocenters. The minimum Gasteiger partial charge on any atom is -0.328 e. The topological polar surface area (TPSA) is 83.7 Å². The monoisotopic (exact) mass is 373 g/mol. The van der Waals surface area contributed by atoms with E-state index in [2.05, 4.69) is 0 Å². The van der Waals surface area contributed by atoms with Gasteiger partial charge in [-0.05, 0) is 43.4 Å². The van der Waals surface area contributed by atoms with Crippen LogP contribution in [-0.4, -0.2) is 44.3 Å². The van der Waals surface area contributed by atoms with Crippen molar-refractivity contribution in [3.8, 4) is 0 Å². The molecule has 1 aromatic rings. The largest absolute Gasteiger partial charge is 0.328 e. The highest BCUT2D eigenvalue weighted by molar-refractivity contribution is 7.89. The van der Waals surface area contributed by atoms with Crippen LogP contribution in [0, 0.1) is 5.92 Å². The van der Waals surface area contributed by atoms with Crippen LogP contribution in [0.15, 0.2) is 23.1 Å². The van der Waals surface area contributed by atoms with Crippen LogP contribution in [0.2, 0.25) is 0 Å². The molecular formula is C16H24ClN3O3S. The number of benzene rings is 1. The third-order valence-corrected chi connectivity index (χ3v) is 6.76. The fourth-order valence-electron chi connectivity index (χ4n) is 3.40. The maximum atomic E-state index is 12.9. The fourth-order valence-corrected chi connectivity index (χ4v) is 4.93. The summed E-state index contributed by atoms with van der Waals surface area (Å²) in [5.74, 6) is 0.143. The zero-order valence-corrected chi connectivity index (χ0v) is 15.6. The van der Waals surface area contributed by atoms with Crippen molar-refractivity contribution in [2.24, 2.45) is 11.7 Å². The van der Waals surface area contributed by atoms with Gasteiger partial charge in [-0.15, -0.1) is 12.4 Å². The summed E-state index contributed by atoms with van der Waals surface area (Å²) >= 11 is 0. The quantitative estimate of drug-likeness (QED) is 0.867. The Labute approximate surface area is 149 Å².